The molecule has 1 aliphatic heterocycles. The Hall–Kier alpha value is -5.06. The van der Waals surface area contributed by atoms with E-state index in [2.05, 4.69) is 132 Å². The van der Waals surface area contributed by atoms with Gasteiger partial charge in [0.15, 0.2) is 0 Å². The first-order valence-electron chi connectivity index (χ1n) is 15.1. The second-order valence-electron chi connectivity index (χ2n) is 11.9. The highest BCUT2D eigenvalue weighted by Crippen LogP contribution is 2.63. The van der Waals surface area contributed by atoms with Crippen LogP contribution in [0.15, 0.2) is 139 Å². The first-order valence-corrected chi connectivity index (χ1v) is 15.9. The van der Waals surface area contributed by atoms with Crippen LogP contribution in [0.3, 0.4) is 0 Å². The summed E-state index contributed by atoms with van der Waals surface area (Å²) in [6, 6.07) is 43.2. The molecule has 1 aromatic heterocycles. The Morgan fingerprint density at radius 3 is 2.09 bits per heavy atom. The van der Waals surface area contributed by atoms with E-state index in [4.69, 9.17) is 4.74 Å². The van der Waals surface area contributed by atoms with Crippen molar-refractivity contribution in [1.82, 2.24) is 10.2 Å². The summed E-state index contributed by atoms with van der Waals surface area (Å²) in [6.45, 7) is 2.31. The van der Waals surface area contributed by atoms with Crippen molar-refractivity contribution in [3.8, 4) is 43.8 Å². The lowest BCUT2D eigenvalue weighted by molar-refractivity contribution is 0.435. The third-order valence-corrected chi connectivity index (χ3v) is 10.3. The lowest BCUT2D eigenvalue weighted by atomic mass is 9.64. The molecule has 0 bridgehead atoms. The molecule has 2 atom stereocenters. The Balaban J connectivity index is 1.18. The molecular weight excluding hydrogens is 557 g/mol. The van der Waals surface area contributed by atoms with E-state index in [-0.39, 0.29) is 0 Å². The van der Waals surface area contributed by atoms with Crippen molar-refractivity contribution in [2.24, 2.45) is 5.92 Å². The van der Waals surface area contributed by atoms with E-state index in [0.717, 1.165) is 44.6 Å². The fraction of sp³-hybridized carbons (Fsp3) is 0.100. The van der Waals surface area contributed by atoms with Crippen LogP contribution in [0.4, 0.5) is 0 Å². The molecule has 1 spiro atoms. The number of para-hydroxylation sites is 1. The van der Waals surface area contributed by atoms with Gasteiger partial charge in [0.05, 0.1) is 5.41 Å². The van der Waals surface area contributed by atoms with Crippen LogP contribution in [0.1, 0.15) is 35.6 Å². The fourth-order valence-corrected chi connectivity index (χ4v) is 8.18. The third kappa shape index (κ3) is 3.68. The van der Waals surface area contributed by atoms with Gasteiger partial charge in [-0.25, -0.2) is 0 Å². The van der Waals surface area contributed by atoms with Gasteiger partial charge in [0.2, 0.25) is 0 Å². The summed E-state index contributed by atoms with van der Waals surface area (Å²) in [4.78, 5) is 0. The average Bonchev–Trinajstić information content (AvgIpc) is 3.68. The molecule has 0 amide bonds. The maximum atomic E-state index is 6.63. The SMILES string of the molecule is C[C@@H]1C=CC2=C(C1)c1ccccc1C21c2ccccc2Oc2ccc(-c3ccc(-c4nnc(-c5ccccc5)s4)cc3)cc21. The summed E-state index contributed by atoms with van der Waals surface area (Å²) in [6.07, 6.45) is 5.81. The first-order chi connectivity index (χ1) is 21.7. The molecule has 0 saturated heterocycles. The van der Waals surface area contributed by atoms with Crippen LogP contribution in [0.25, 0.3) is 37.8 Å². The molecule has 5 aromatic carbocycles. The summed E-state index contributed by atoms with van der Waals surface area (Å²) < 4.78 is 6.63. The van der Waals surface area contributed by atoms with E-state index >= 15 is 0 Å². The minimum atomic E-state index is -0.427. The fourth-order valence-electron chi connectivity index (χ4n) is 7.33. The summed E-state index contributed by atoms with van der Waals surface area (Å²) in [5.74, 6) is 2.36. The Kier molecular flexibility index (Phi) is 5.63. The van der Waals surface area contributed by atoms with Crippen LogP contribution in [0.5, 0.6) is 11.5 Å². The molecule has 3 nitrogen and oxygen atoms in total. The Morgan fingerprint density at radius 1 is 0.636 bits per heavy atom. The Bertz CT molecular complexity index is 2140. The maximum absolute atomic E-state index is 6.63. The lowest BCUT2D eigenvalue weighted by Gasteiger charge is -2.40. The van der Waals surface area contributed by atoms with Crippen LogP contribution >= 0.6 is 11.3 Å². The molecule has 0 N–H and O–H groups in total. The number of aromatic nitrogens is 2. The molecule has 0 radical (unpaired) electrons. The summed E-state index contributed by atoms with van der Waals surface area (Å²) in [7, 11) is 0. The van der Waals surface area contributed by atoms with Crippen molar-refractivity contribution >= 4 is 16.9 Å². The number of allylic oxidation sites excluding steroid dienone is 4. The van der Waals surface area contributed by atoms with Gasteiger partial charge in [-0.05, 0) is 63.9 Å². The van der Waals surface area contributed by atoms with Crippen LogP contribution in [0, 0.1) is 5.92 Å². The van der Waals surface area contributed by atoms with E-state index in [1.165, 1.54) is 39.0 Å². The van der Waals surface area contributed by atoms with E-state index in [1.54, 1.807) is 11.3 Å². The van der Waals surface area contributed by atoms with Crippen molar-refractivity contribution in [2.75, 3.05) is 0 Å². The zero-order valence-electron chi connectivity index (χ0n) is 24.2. The topological polar surface area (TPSA) is 35.0 Å². The van der Waals surface area contributed by atoms with Gasteiger partial charge in [-0.2, -0.15) is 0 Å². The second-order valence-corrected chi connectivity index (χ2v) is 12.9. The van der Waals surface area contributed by atoms with Crippen molar-refractivity contribution in [1.29, 1.82) is 0 Å². The average molecular weight is 585 g/mol. The molecule has 4 heteroatoms. The molecule has 210 valence electrons. The van der Waals surface area contributed by atoms with Gasteiger partial charge in [-0.3, -0.25) is 0 Å². The molecule has 6 aromatic rings. The molecule has 2 heterocycles. The van der Waals surface area contributed by atoms with Crippen LogP contribution in [0.2, 0.25) is 0 Å². The van der Waals surface area contributed by atoms with E-state index < -0.39 is 5.41 Å². The molecule has 9 rings (SSSR count). The molecule has 1 unspecified atom stereocenters. The predicted octanol–water partition coefficient (Wildman–Crippen LogP) is 10.3. The van der Waals surface area contributed by atoms with E-state index in [9.17, 15) is 0 Å². The lowest BCUT2D eigenvalue weighted by Crippen LogP contribution is -2.33. The number of hydrogen-bond acceptors (Lipinski definition) is 4. The normalized spacial score (nSPS) is 19.2. The summed E-state index contributed by atoms with van der Waals surface area (Å²) in [5.41, 5.74) is 12.0. The van der Waals surface area contributed by atoms with Crippen LogP contribution in [-0.4, -0.2) is 10.2 Å². The van der Waals surface area contributed by atoms with E-state index in [1.807, 2.05) is 18.2 Å². The summed E-state index contributed by atoms with van der Waals surface area (Å²) >= 11 is 1.62. The number of rotatable bonds is 3. The predicted molar refractivity (Wildman–Crippen MR) is 179 cm³/mol. The maximum Gasteiger partial charge on any atom is 0.148 e. The van der Waals surface area contributed by atoms with Gasteiger partial charge in [0, 0.05) is 22.3 Å². The highest BCUT2D eigenvalue weighted by Gasteiger charge is 2.52. The zero-order valence-corrected chi connectivity index (χ0v) is 25.0. The number of nitrogens with zero attached hydrogens (tertiary/aromatic N) is 2. The minimum absolute atomic E-state index is 0.427. The molecular formula is C40H28N2OS. The molecule has 0 fully saturated rings. The Morgan fingerprint density at radius 2 is 1.27 bits per heavy atom. The molecule has 2 aliphatic carbocycles. The highest BCUT2D eigenvalue weighted by atomic mass is 32.1. The number of benzene rings is 5. The highest BCUT2D eigenvalue weighted by molar-refractivity contribution is 7.17. The van der Waals surface area contributed by atoms with Crippen molar-refractivity contribution in [3.05, 3.63) is 161 Å². The van der Waals surface area contributed by atoms with Gasteiger partial charge < -0.3 is 4.74 Å². The van der Waals surface area contributed by atoms with Crippen molar-refractivity contribution in [2.45, 2.75) is 18.8 Å². The monoisotopic (exact) mass is 584 g/mol. The number of ether oxygens (including phenoxy) is 1. The molecule has 3 aliphatic rings. The van der Waals surface area contributed by atoms with Crippen molar-refractivity contribution < 1.29 is 4.74 Å². The standard InChI is InChI=1S/C40H28N2OS/c1-25-15-21-33-31(23-25)30-11-5-6-12-32(30)40(33)34-13-7-8-14-36(34)43-37-22-20-29(24-35(37)40)26-16-18-28(19-17-26)39-42-41-38(44-39)27-9-3-2-4-10-27/h2-22,24-25H,23H2,1H3/t25-,40?/m1/s1. The third-order valence-electron chi connectivity index (χ3n) is 9.31. The second kappa shape index (κ2) is 9.73. The largest absolute Gasteiger partial charge is 0.457 e. The number of hydrogen-bond donors (Lipinski definition) is 0. The first kappa shape index (κ1) is 25.4. The van der Waals surface area contributed by atoms with Gasteiger partial charge in [-0.1, -0.05) is 134 Å². The Labute approximate surface area is 260 Å². The van der Waals surface area contributed by atoms with Gasteiger partial charge in [0.1, 0.15) is 21.5 Å². The minimum Gasteiger partial charge on any atom is -0.457 e. The van der Waals surface area contributed by atoms with Gasteiger partial charge in [0.25, 0.3) is 0 Å². The van der Waals surface area contributed by atoms with E-state index in [0.29, 0.717) is 5.92 Å². The zero-order chi connectivity index (χ0) is 29.3. The summed E-state index contributed by atoms with van der Waals surface area (Å²) in [5, 5.41) is 10.8. The number of fused-ring (bicyclic) bond motifs is 8. The molecule has 44 heavy (non-hydrogen) atoms. The molecule has 0 saturated carbocycles. The smallest absolute Gasteiger partial charge is 0.148 e. The van der Waals surface area contributed by atoms with Crippen molar-refractivity contribution in [3.63, 3.8) is 0 Å². The van der Waals surface area contributed by atoms with Crippen LogP contribution < -0.4 is 4.74 Å². The van der Waals surface area contributed by atoms with Crippen LogP contribution in [-0.2, 0) is 5.41 Å². The quantitative estimate of drug-likeness (QED) is 0.208. The van der Waals surface area contributed by atoms with Gasteiger partial charge >= 0.3 is 0 Å². The van der Waals surface area contributed by atoms with Gasteiger partial charge in [-0.15, -0.1) is 10.2 Å².